The fraction of sp³-hybridized carbons (Fsp3) is 0. The topological polar surface area (TPSA) is 42.0 Å². The summed E-state index contributed by atoms with van der Waals surface area (Å²) in [4.78, 5) is 15.7. The average molecular weight is 338 g/mol. The van der Waals surface area contributed by atoms with E-state index in [-0.39, 0.29) is 5.91 Å². The summed E-state index contributed by atoms with van der Waals surface area (Å²) in [5.74, 6) is -0.207. The summed E-state index contributed by atoms with van der Waals surface area (Å²) in [6.45, 7) is 0. The van der Waals surface area contributed by atoms with Gasteiger partial charge in [0.2, 0.25) is 5.91 Å². The minimum Gasteiger partial charge on any atom is -0.321 e. The number of benzene rings is 1. The lowest BCUT2D eigenvalue weighted by Crippen LogP contribution is -2.08. The van der Waals surface area contributed by atoms with Gasteiger partial charge in [0.15, 0.2) is 0 Å². The van der Waals surface area contributed by atoms with Gasteiger partial charge in [-0.15, -0.1) is 0 Å². The van der Waals surface area contributed by atoms with Gasteiger partial charge in [-0.05, 0) is 45.8 Å². The van der Waals surface area contributed by atoms with Gasteiger partial charge in [-0.1, -0.05) is 23.7 Å². The Hall–Kier alpha value is -1.65. The smallest absolute Gasteiger partial charge is 0.248 e. The van der Waals surface area contributed by atoms with Crippen LogP contribution >= 0.6 is 27.5 Å². The van der Waals surface area contributed by atoms with Crippen molar-refractivity contribution in [2.24, 2.45) is 0 Å². The van der Waals surface area contributed by atoms with Crippen LogP contribution in [-0.2, 0) is 4.79 Å². The van der Waals surface area contributed by atoms with Crippen LogP contribution in [0.4, 0.5) is 5.69 Å². The quantitative estimate of drug-likeness (QED) is 0.855. The molecule has 0 aliphatic rings. The highest BCUT2D eigenvalue weighted by Crippen LogP contribution is 2.19. The SMILES string of the molecule is O=C(/C=C/c1ccc(Cl)cc1)Nc1ccncc1Br. The highest BCUT2D eigenvalue weighted by Gasteiger charge is 2.01. The van der Waals surface area contributed by atoms with Crippen LogP contribution in [0.5, 0.6) is 0 Å². The Kier molecular flexibility index (Phi) is 4.71. The van der Waals surface area contributed by atoms with Gasteiger partial charge in [-0.3, -0.25) is 9.78 Å². The first-order valence-electron chi connectivity index (χ1n) is 5.49. The van der Waals surface area contributed by atoms with E-state index >= 15 is 0 Å². The van der Waals surface area contributed by atoms with Crippen molar-refractivity contribution in [3.63, 3.8) is 0 Å². The molecule has 1 aromatic heterocycles. The van der Waals surface area contributed by atoms with Crippen molar-refractivity contribution >= 4 is 45.2 Å². The molecule has 0 fully saturated rings. The Balaban J connectivity index is 2.02. The molecule has 0 aliphatic carbocycles. The number of pyridine rings is 1. The van der Waals surface area contributed by atoms with E-state index in [9.17, 15) is 4.79 Å². The monoisotopic (exact) mass is 336 g/mol. The standard InChI is InChI=1S/C14H10BrClN2O/c15-12-9-17-8-7-13(12)18-14(19)6-3-10-1-4-11(16)5-2-10/h1-9H,(H,17,18,19)/b6-3+. The lowest BCUT2D eigenvalue weighted by atomic mass is 10.2. The predicted molar refractivity (Wildman–Crippen MR) is 81.1 cm³/mol. The fourth-order valence-electron chi connectivity index (χ4n) is 1.40. The maximum atomic E-state index is 11.7. The Morgan fingerprint density at radius 1 is 1.26 bits per heavy atom. The van der Waals surface area contributed by atoms with E-state index in [1.165, 1.54) is 6.08 Å². The summed E-state index contributed by atoms with van der Waals surface area (Å²) in [6, 6.07) is 8.96. The number of hydrogen-bond donors (Lipinski definition) is 1. The molecule has 0 bridgehead atoms. The predicted octanol–water partition coefficient (Wildman–Crippen LogP) is 4.15. The molecule has 0 atom stereocenters. The number of anilines is 1. The third-order valence-electron chi connectivity index (χ3n) is 2.33. The van der Waals surface area contributed by atoms with Crippen LogP contribution in [0.2, 0.25) is 5.02 Å². The van der Waals surface area contributed by atoms with E-state index in [4.69, 9.17) is 11.6 Å². The number of hydrogen-bond acceptors (Lipinski definition) is 2. The van der Waals surface area contributed by atoms with Crippen molar-refractivity contribution in [3.8, 4) is 0 Å². The van der Waals surface area contributed by atoms with E-state index in [1.807, 2.05) is 12.1 Å². The van der Waals surface area contributed by atoms with E-state index < -0.39 is 0 Å². The minimum atomic E-state index is -0.207. The molecule has 1 heterocycles. The molecule has 19 heavy (non-hydrogen) atoms. The minimum absolute atomic E-state index is 0.207. The van der Waals surface area contributed by atoms with Crippen molar-refractivity contribution in [1.29, 1.82) is 0 Å². The highest BCUT2D eigenvalue weighted by molar-refractivity contribution is 9.10. The maximum absolute atomic E-state index is 11.7. The second-order valence-corrected chi connectivity index (χ2v) is 5.02. The van der Waals surface area contributed by atoms with Crippen LogP contribution < -0.4 is 5.32 Å². The van der Waals surface area contributed by atoms with Gasteiger partial charge >= 0.3 is 0 Å². The number of nitrogens with one attached hydrogen (secondary N) is 1. The second kappa shape index (κ2) is 6.50. The summed E-state index contributed by atoms with van der Waals surface area (Å²) in [5.41, 5.74) is 1.59. The number of carbonyl (C=O) groups is 1. The van der Waals surface area contributed by atoms with Gasteiger partial charge in [0.25, 0.3) is 0 Å². The van der Waals surface area contributed by atoms with Crippen LogP contribution in [0, 0.1) is 0 Å². The fourth-order valence-corrected chi connectivity index (χ4v) is 1.87. The lowest BCUT2D eigenvalue weighted by molar-refractivity contribution is -0.111. The van der Waals surface area contributed by atoms with E-state index in [0.717, 1.165) is 10.0 Å². The Labute approximate surface area is 124 Å². The summed E-state index contributed by atoms with van der Waals surface area (Å²) in [6.07, 6.45) is 6.43. The van der Waals surface area contributed by atoms with Crippen molar-refractivity contribution in [2.45, 2.75) is 0 Å². The van der Waals surface area contributed by atoms with Crippen LogP contribution in [0.3, 0.4) is 0 Å². The first-order valence-corrected chi connectivity index (χ1v) is 6.66. The van der Waals surface area contributed by atoms with Crippen molar-refractivity contribution in [1.82, 2.24) is 4.98 Å². The molecule has 1 aromatic carbocycles. The summed E-state index contributed by atoms with van der Waals surface area (Å²) < 4.78 is 0.739. The van der Waals surface area contributed by atoms with Gasteiger partial charge in [0, 0.05) is 23.5 Å². The Bertz CT molecular complexity index is 611. The number of rotatable bonds is 3. The second-order valence-electron chi connectivity index (χ2n) is 3.73. The zero-order chi connectivity index (χ0) is 13.7. The number of amides is 1. The van der Waals surface area contributed by atoms with Gasteiger partial charge in [0.1, 0.15) is 0 Å². The number of aromatic nitrogens is 1. The number of halogens is 2. The van der Waals surface area contributed by atoms with Crippen LogP contribution in [-0.4, -0.2) is 10.9 Å². The van der Waals surface area contributed by atoms with Crippen molar-refractivity contribution in [2.75, 3.05) is 5.32 Å². The molecule has 1 amide bonds. The highest BCUT2D eigenvalue weighted by atomic mass is 79.9. The average Bonchev–Trinajstić information content (AvgIpc) is 2.41. The van der Waals surface area contributed by atoms with Crippen molar-refractivity contribution in [3.05, 3.63) is 63.9 Å². The molecular formula is C14H10BrClN2O. The summed E-state index contributed by atoms with van der Waals surface area (Å²) in [5, 5.41) is 3.42. The molecule has 1 N–H and O–H groups in total. The molecule has 0 radical (unpaired) electrons. The van der Waals surface area contributed by atoms with Crippen molar-refractivity contribution < 1.29 is 4.79 Å². The van der Waals surface area contributed by atoms with E-state index in [2.05, 4.69) is 26.2 Å². The molecule has 2 aromatic rings. The van der Waals surface area contributed by atoms with Crippen LogP contribution in [0.25, 0.3) is 6.08 Å². The molecule has 0 saturated carbocycles. The van der Waals surface area contributed by atoms with Gasteiger partial charge in [0.05, 0.1) is 10.2 Å². The third-order valence-corrected chi connectivity index (χ3v) is 3.21. The van der Waals surface area contributed by atoms with Gasteiger partial charge < -0.3 is 5.32 Å². The normalized spacial score (nSPS) is 10.6. The largest absolute Gasteiger partial charge is 0.321 e. The summed E-state index contributed by atoms with van der Waals surface area (Å²) >= 11 is 9.10. The Morgan fingerprint density at radius 2 is 2.00 bits per heavy atom. The summed E-state index contributed by atoms with van der Waals surface area (Å²) in [7, 11) is 0. The number of nitrogens with zero attached hydrogens (tertiary/aromatic N) is 1. The molecule has 0 aliphatic heterocycles. The zero-order valence-electron chi connectivity index (χ0n) is 9.81. The number of carbonyl (C=O) groups excluding carboxylic acids is 1. The molecule has 5 heteroatoms. The Morgan fingerprint density at radius 3 is 2.68 bits per heavy atom. The zero-order valence-corrected chi connectivity index (χ0v) is 12.1. The van der Waals surface area contributed by atoms with E-state index in [1.54, 1.807) is 36.7 Å². The third kappa shape index (κ3) is 4.19. The molecule has 2 rings (SSSR count). The molecule has 0 saturated heterocycles. The first-order chi connectivity index (χ1) is 9.15. The molecule has 0 spiro atoms. The maximum Gasteiger partial charge on any atom is 0.248 e. The van der Waals surface area contributed by atoms with Gasteiger partial charge in [-0.25, -0.2) is 0 Å². The molecule has 3 nitrogen and oxygen atoms in total. The van der Waals surface area contributed by atoms with Crippen LogP contribution in [0.15, 0.2) is 53.3 Å². The lowest BCUT2D eigenvalue weighted by Gasteiger charge is -2.03. The van der Waals surface area contributed by atoms with E-state index in [0.29, 0.717) is 10.7 Å². The molecule has 96 valence electrons. The first kappa shape index (κ1) is 13.8. The van der Waals surface area contributed by atoms with Gasteiger partial charge in [-0.2, -0.15) is 0 Å². The van der Waals surface area contributed by atoms with Crippen LogP contribution in [0.1, 0.15) is 5.56 Å². The molecular weight excluding hydrogens is 328 g/mol. The molecule has 0 unspecified atom stereocenters.